The standard InChI is InChI=1S/C12H11N/c1-3-11(9-13)8-12-7-5-4-6-10(12)2/h3-8H,1H2,2H3. The highest BCUT2D eigenvalue weighted by Crippen LogP contribution is 2.11. The molecular weight excluding hydrogens is 158 g/mol. The summed E-state index contributed by atoms with van der Waals surface area (Å²) in [5.41, 5.74) is 2.82. The van der Waals surface area contributed by atoms with Gasteiger partial charge in [0.05, 0.1) is 11.6 Å². The maximum absolute atomic E-state index is 8.69. The predicted octanol–water partition coefficient (Wildman–Crippen LogP) is 3.09. The fourth-order valence-corrected chi connectivity index (χ4v) is 1.05. The minimum absolute atomic E-state index is 0.592. The summed E-state index contributed by atoms with van der Waals surface area (Å²) in [6.07, 6.45) is 3.40. The highest BCUT2D eigenvalue weighted by molar-refractivity contribution is 5.62. The largest absolute Gasteiger partial charge is 0.192 e. The Morgan fingerprint density at radius 3 is 2.69 bits per heavy atom. The van der Waals surface area contributed by atoms with E-state index in [0.29, 0.717) is 5.57 Å². The van der Waals surface area contributed by atoms with Crippen LogP contribution in [0.4, 0.5) is 0 Å². The number of benzene rings is 1. The molecule has 1 rings (SSSR count). The Balaban J connectivity index is 3.11. The molecule has 0 saturated carbocycles. The van der Waals surface area contributed by atoms with Gasteiger partial charge in [-0.2, -0.15) is 5.26 Å². The number of allylic oxidation sites excluding steroid dienone is 2. The minimum atomic E-state index is 0.592. The predicted molar refractivity (Wildman–Crippen MR) is 55.0 cm³/mol. The van der Waals surface area contributed by atoms with Crippen LogP contribution in [-0.4, -0.2) is 0 Å². The third kappa shape index (κ3) is 2.31. The lowest BCUT2D eigenvalue weighted by atomic mass is 10.1. The fraction of sp³-hybridized carbons (Fsp3) is 0.0833. The van der Waals surface area contributed by atoms with Crippen molar-refractivity contribution in [3.8, 4) is 6.07 Å². The first-order valence-electron chi connectivity index (χ1n) is 4.08. The molecule has 64 valence electrons. The second-order valence-electron chi connectivity index (χ2n) is 2.77. The number of nitriles is 1. The smallest absolute Gasteiger partial charge is 0.0991 e. The summed E-state index contributed by atoms with van der Waals surface area (Å²) in [6.45, 7) is 5.58. The molecule has 0 aliphatic carbocycles. The molecule has 0 N–H and O–H groups in total. The zero-order valence-corrected chi connectivity index (χ0v) is 7.62. The van der Waals surface area contributed by atoms with Crippen molar-refractivity contribution < 1.29 is 0 Å². The van der Waals surface area contributed by atoms with Crippen molar-refractivity contribution in [2.75, 3.05) is 0 Å². The van der Waals surface area contributed by atoms with E-state index in [2.05, 4.69) is 12.6 Å². The van der Waals surface area contributed by atoms with Crippen LogP contribution in [0.15, 0.2) is 42.5 Å². The van der Waals surface area contributed by atoms with Gasteiger partial charge in [0.2, 0.25) is 0 Å². The van der Waals surface area contributed by atoms with Gasteiger partial charge in [-0.05, 0) is 24.1 Å². The Hall–Kier alpha value is -1.81. The fourth-order valence-electron chi connectivity index (χ4n) is 1.05. The molecule has 0 amide bonds. The molecule has 0 aliphatic heterocycles. The van der Waals surface area contributed by atoms with E-state index in [1.165, 1.54) is 0 Å². The van der Waals surface area contributed by atoms with Crippen LogP contribution in [0.1, 0.15) is 11.1 Å². The monoisotopic (exact) mass is 169 g/mol. The van der Waals surface area contributed by atoms with E-state index in [1.807, 2.05) is 37.3 Å². The van der Waals surface area contributed by atoms with Crippen molar-refractivity contribution >= 4 is 6.08 Å². The Morgan fingerprint density at radius 2 is 2.15 bits per heavy atom. The first kappa shape index (κ1) is 9.28. The Kier molecular flexibility index (Phi) is 3.05. The van der Waals surface area contributed by atoms with Gasteiger partial charge >= 0.3 is 0 Å². The maximum Gasteiger partial charge on any atom is 0.0991 e. The SMILES string of the molecule is C=CC(C#N)=Cc1ccccc1C. The van der Waals surface area contributed by atoms with Crippen molar-refractivity contribution in [3.05, 3.63) is 53.6 Å². The normalized spacial score (nSPS) is 10.6. The summed E-state index contributed by atoms with van der Waals surface area (Å²) in [4.78, 5) is 0. The molecule has 0 aromatic heterocycles. The zero-order valence-electron chi connectivity index (χ0n) is 7.62. The lowest BCUT2D eigenvalue weighted by Crippen LogP contribution is -1.80. The van der Waals surface area contributed by atoms with Gasteiger partial charge in [0.25, 0.3) is 0 Å². The third-order valence-electron chi connectivity index (χ3n) is 1.85. The van der Waals surface area contributed by atoms with E-state index < -0.39 is 0 Å². The van der Waals surface area contributed by atoms with E-state index in [-0.39, 0.29) is 0 Å². The molecule has 1 aromatic rings. The van der Waals surface area contributed by atoms with Gasteiger partial charge in [0.1, 0.15) is 0 Å². The molecule has 13 heavy (non-hydrogen) atoms. The second-order valence-corrected chi connectivity index (χ2v) is 2.77. The molecule has 0 spiro atoms. The number of hydrogen-bond acceptors (Lipinski definition) is 1. The average molecular weight is 169 g/mol. The molecule has 0 unspecified atom stereocenters. The van der Waals surface area contributed by atoms with Crippen LogP contribution in [-0.2, 0) is 0 Å². The summed E-state index contributed by atoms with van der Waals surface area (Å²) >= 11 is 0. The number of aryl methyl sites for hydroxylation is 1. The van der Waals surface area contributed by atoms with Crippen LogP contribution in [0.2, 0.25) is 0 Å². The van der Waals surface area contributed by atoms with Crippen molar-refractivity contribution in [3.63, 3.8) is 0 Å². The second kappa shape index (κ2) is 4.27. The highest BCUT2D eigenvalue weighted by Gasteiger charge is 1.93. The van der Waals surface area contributed by atoms with Crippen LogP contribution < -0.4 is 0 Å². The first-order valence-corrected chi connectivity index (χ1v) is 4.08. The quantitative estimate of drug-likeness (QED) is 0.493. The molecule has 0 atom stereocenters. The van der Waals surface area contributed by atoms with E-state index in [0.717, 1.165) is 11.1 Å². The van der Waals surface area contributed by atoms with Gasteiger partial charge in [-0.1, -0.05) is 36.9 Å². The number of nitrogens with zero attached hydrogens (tertiary/aromatic N) is 1. The van der Waals surface area contributed by atoms with Crippen LogP contribution >= 0.6 is 0 Å². The van der Waals surface area contributed by atoms with Gasteiger partial charge in [-0.25, -0.2) is 0 Å². The zero-order chi connectivity index (χ0) is 9.68. The Labute approximate surface area is 78.6 Å². The van der Waals surface area contributed by atoms with Gasteiger partial charge in [-0.15, -0.1) is 0 Å². The van der Waals surface area contributed by atoms with Crippen molar-refractivity contribution in [1.82, 2.24) is 0 Å². The van der Waals surface area contributed by atoms with E-state index in [4.69, 9.17) is 5.26 Å². The Bertz CT molecular complexity index is 380. The van der Waals surface area contributed by atoms with Gasteiger partial charge in [0.15, 0.2) is 0 Å². The molecule has 0 aliphatic rings. The van der Waals surface area contributed by atoms with Gasteiger partial charge in [-0.3, -0.25) is 0 Å². The van der Waals surface area contributed by atoms with Crippen molar-refractivity contribution in [1.29, 1.82) is 5.26 Å². The molecule has 1 aromatic carbocycles. The summed E-state index contributed by atoms with van der Waals surface area (Å²) in [6, 6.07) is 10.0. The molecule has 0 saturated heterocycles. The Morgan fingerprint density at radius 1 is 1.46 bits per heavy atom. The summed E-state index contributed by atoms with van der Waals surface area (Å²) < 4.78 is 0. The summed E-state index contributed by atoms with van der Waals surface area (Å²) in [5, 5.41) is 8.69. The molecule has 1 nitrogen and oxygen atoms in total. The summed E-state index contributed by atoms with van der Waals surface area (Å²) in [5.74, 6) is 0. The van der Waals surface area contributed by atoms with Crippen LogP contribution in [0, 0.1) is 18.3 Å². The van der Waals surface area contributed by atoms with Crippen LogP contribution in [0.25, 0.3) is 6.08 Å². The van der Waals surface area contributed by atoms with Crippen molar-refractivity contribution in [2.24, 2.45) is 0 Å². The number of hydrogen-bond donors (Lipinski definition) is 0. The van der Waals surface area contributed by atoms with E-state index in [9.17, 15) is 0 Å². The third-order valence-corrected chi connectivity index (χ3v) is 1.85. The molecule has 0 heterocycles. The van der Waals surface area contributed by atoms with Gasteiger partial charge < -0.3 is 0 Å². The topological polar surface area (TPSA) is 23.8 Å². The lowest BCUT2D eigenvalue weighted by Gasteiger charge is -1.98. The molecule has 0 radical (unpaired) electrons. The first-order chi connectivity index (χ1) is 6.27. The van der Waals surface area contributed by atoms with Gasteiger partial charge in [0, 0.05) is 0 Å². The molecule has 1 heteroatoms. The molecule has 0 fully saturated rings. The molecular formula is C12H11N. The lowest BCUT2D eigenvalue weighted by molar-refractivity contribution is 1.44. The minimum Gasteiger partial charge on any atom is -0.192 e. The average Bonchev–Trinajstić information content (AvgIpc) is 2.17. The molecule has 0 bridgehead atoms. The summed E-state index contributed by atoms with van der Waals surface area (Å²) in [7, 11) is 0. The number of rotatable bonds is 2. The van der Waals surface area contributed by atoms with E-state index in [1.54, 1.807) is 6.08 Å². The van der Waals surface area contributed by atoms with Crippen LogP contribution in [0.3, 0.4) is 0 Å². The van der Waals surface area contributed by atoms with Crippen molar-refractivity contribution in [2.45, 2.75) is 6.92 Å². The highest BCUT2D eigenvalue weighted by atomic mass is 14.2. The van der Waals surface area contributed by atoms with Crippen LogP contribution in [0.5, 0.6) is 0 Å². The maximum atomic E-state index is 8.69. The van der Waals surface area contributed by atoms with E-state index >= 15 is 0 Å².